The number of rotatable bonds is 4. The predicted octanol–water partition coefficient (Wildman–Crippen LogP) is 3.60. The van der Waals surface area contributed by atoms with Crippen molar-refractivity contribution in [3.05, 3.63) is 63.2 Å². The molecule has 11 heteroatoms. The number of halogens is 2. The van der Waals surface area contributed by atoms with Crippen molar-refractivity contribution in [2.24, 2.45) is 7.05 Å². The molecular formula is C24H23ClFN7O2. The number of hydrogen-bond acceptors (Lipinski definition) is 7. The second-order valence-electron chi connectivity index (χ2n) is 9.01. The Hall–Kier alpha value is -3.37. The normalized spacial score (nSPS) is 18.4. The number of anilines is 1. The number of nitrogens with zero attached hydrogens (tertiary/aromatic N) is 7. The summed E-state index contributed by atoms with van der Waals surface area (Å²) in [5.41, 5.74) is 1.52. The number of morpholine rings is 1. The quantitative estimate of drug-likeness (QED) is 0.427. The summed E-state index contributed by atoms with van der Waals surface area (Å²) in [6.07, 6.45) is 5.95. The molecule has 3 aromatic heterocycles. The summed E-state index contributed by atoms with van der Waals surface area (Å²) in [5, 5.41) is 4.75. The third-order valence-electron chi connectivity index (χ3n) is 6.59. The van der Waals surface area contributed by atoms with Gasteiger partial charge in [0.15, 0.2) is 5.52 Å². The Morgan fingerprint density at radius 2 is 2.00 bits per heavy atom. The van der Waals surface area contributed by atoms with E-state index in [1.807, 2.05) is 22.0 Å². The summed E-state index contributed by atoms with van der Waals surface area (Å²) >= 11 is 5.98. The highest BCUT2D eigenvalue weighted by atomic mass is 35.5. The van der Waals surface area contributed by atoms with E-state index in [1.54, 1.807) is 26.1 Å². The Morgan fingerprint density at radius 1 is 1.17 bits per heavy atom. The average molecular weight is 496 g/mol. The van der Waals surface area contributed by atoms with E-state index >= 15 is 0 Å². The molecule has 0 radical (unpaired) electrons. The molecule has 2 aliphatic rings. The van der Waals surface area contributed by atoms with Gasteiger partial charge in [-0.3, -0.25) is 14.0 Å². The Balaban J connectivity index is 1.45. The first-order chi connectivity index (χ1) is 16.9. The van der Waals surface area contributed by atoms with Crippen molar-refractivity contribution in [2.45, 2.75) is 31.9 Å². The molecule has 0 spiro atoms. The first-order valence-electron chi connectivity index (χ1n) is 11.5. The van der Waals surface area contributed by atoms with Crippen molar-refractivity contribution in [1.82, 2.24) is 29.3 Å². The van der Waals surface area contributed by atoms with E-state index in [9.17, 15) is 9.18 Å². The van der Waals surface area contributed by atoms with Crippen LogP contribution in [0.3, 0.4) is 0 Å². The monoisotopic (exact) mass is 495 g/mol. The fraction of sp³-hybridized carbons (Fsp3) is 0.375. The number of ether oxygens (including phenoxy) is 1. The molecule has 0 N–H and O–H groups in total. The zero-order chi connectivity index (χ0) is 24.3. The maximum Gasteiger partial charge on any atom is 0.279 e. The van der Waals surface area contributed by atoms with Gasteiger partial charge in [-0.1, -0.05) is 11.6 Å². The molecule has 2 fully saturated rings. The van der Waals surface area contributed by atoms with Crippen molar-refractivity contribution in [1.29, 1.82) is 0 Å². The number of benzene rings is 1. The molecule has 1 atom stereocenters. The average Bonchev–Trinajstić information content (AvgIpc) is 3.59. The molecule has 1 saturated carbocycles. The molecular weight excluding hydrogens is 473 g/mol. The molecule has 6 rings (SSSR count). The lowest BCUT2D eigenvalue weighted by molar-refractivity contribution is 0.0392. The maximum absolute atomic E-state index is 15.0. The Bertz CT molecular complexity index is 1510. The van der Waals surface area contributed by atoms with Crippen molar-refractivity contribution in [3.63, 3.8) is 0 Å². The fourth-order valence-electron chi connectivity index (χ4n) is 4.34. The van der Waals surface area contributed by atoms with Crippen LogP contribution in [-0.4, -0.2) is 49.0 Å². The lowest BCUT2D eigenvalue weighted by atomic mass is 10.1. The lowest BCUT2D eigenvalue weighted by Gasteiger charge is -2.32. The number of aryl methyl sites for hydroxylation is 1. The second kappa shape index (κ2) is 8.39. The molecule has 4 aromatic rings. The van der Waals surface area contributed by atoms with Crippen LogP contribution in [0.25, 0.3) is 22.3 Å². The van der Waals surface area contributed by atoms with Gasteiger partial charge in [0.25, 0.3) is 5.56 Å². The van der Waals surface area contributed by atoms with Gasteiger partial charge in [-0.15, -0.1) is 0 Å². The topological polar surface area (TPSA) is 91.0 Å². The van der Waals surface area contributed by atoms with E-state index in [2.05, 4.69) is 15.1 Å². The minimum atomic E-state index is -0.545. The van der Waals surface area contributed by atoms with Crippen LogP contribution in [0, 0.1) is 12.7 Å². The summed E-state index contributed by atoms with van der Waals surface area (Å²) in [6.45, 7) is 3.17. The zero-order valence-electron chi connectivity index (χ0n) is 19.3. The molecule has 0 unspecified atom stereocenters. The first-order valence-corrected chi connectivity index (χ1v) is 11.9. The largest absolute Gasteiger partial charge is 0.370 e. The minimum Gasteiger partial charge on any atom is -0.370 e. The summed E-state index contributed by atoms with van der Waals surface area (Å²) in [5.74, 6) is 0.261. The predicted molar refractivity (Wildman–Crippen MR) is 129 cm³/mol. The third kappa shape index (κ3) is 3.96. The van der Waals surface area contributed by atoms with E-state index in [4.69, 9.17) is 21.3 Å². The molecule has 1 aromatic carbocycles. The molecule has 4 heterocycles. The van der Waals surface area contributed by atoms with Crippen LogP contribution in [0.15, 0.2) is 35.4 Å². The molecule has 9 nitrogen and oxygen atoms in total. The van der Waals surface area contributed by atoms with Crippen LogP contribution in [0.4, 0.5) is 10.3 Å². The SMILES string of the molecule is Cc1nc2c(-c3ccc(Cl)cc3F)nc(N3CCO[C@H](c4cnn(C5CC5)c4)C3)nc2c(=O)n1C. The molecule has 0 amide bonds. The van der Waals surface area contributed by atoms with Crippen LogP contribution in [0.2, 0.25) is 5.02 Å². The van der Waals surface area contributed by atoms with Gasteiger partial charge in [0.1, 0.15) is 29.0 Å². The van der Waals surface area contributed by atoms with Gasteiger partial charge in [0.2, 0.25) is 5.95 Å². The first kappa shape index (κ1) is 22.1. The second-order valence-corrected chi connectivity index (χ2v) is 9.44. The van der Waals surface area contributed by atoms with E-state index < -0.39 is 5.82 Å². The standard InChI is InChI=1S/C24H23ClFN7O2/c1-13-28-21-20(17-6-3-15(25)9-18(17)26)29-24(30-22(21)23(34)31(13)2)32-7-8-35-19(12-32)14-10-27-33(11-14)16-4-5-16/h3,6,9-11,16,19H,4-5,7-8,12H2,1-2H3/t19-/m0/s1. The lowest BCUT2D eigenvalue weighted by Crippen LogP contribution is -2.39. The van der Waals surface area contributed by atoms with Gasteiger partial charge in [0, 0.05) is 35.9 Å². The van der Waals surface area contributed by atoms with Crippen molar-refractivity contribution in [2.75, 3.05) is 24.6 Å². The summed E-state index contributed by atoms with van der Waals surface area (Å²) in [4.78, 5) is 28.9. The van der Waals surface area contributed by atoms with Gasteiger partial charge in [-0.2, -0.15) is 5.10 Å². The number of hydrogen-bond donors (Lipinski definition) is 0. The fourth-order valence-corrected chi connectivity index (χ4v) is 4.50. The van der Waals surface area contributed by atoms with E-state index in [-0.39, 0.29) is 39.0 Å². The molecule has 1 aliphatic carbocycles. The van der Waals surface area contributed by atoms with E-state index in [0.717, 1.165) is 18.4 Å². The molecule has 0 bridgehead atoms. The van der Waals surface area contributed by atoms with Crippen molar-refractivity contribution in [3.8, 4) is 11.3 Å². The maximum atomic E-state index is 15.0. The van der Waals surface area contributed by atoms with Crippen LogP contribution < -0.4 is 10.5 Å². The summed E-state index contributed by atoms with van der Waals surface area (Å²) in [7, 11) is 1.64. The summed E-state index contributed by atoms with van der Waals surface area (Å²) in [6, 6.07) is 4.84. The van der Waals surface area contributed by atoms with Gasteiger partial charge < -0.3 is 9.64 Å². The number of aromatic nitrogens is 6. The third-order valence-corrected chi connectivity index (χ3v) is 6.82. The van der Waals surface area contributed by atoms with Crippen molar-refractivity contribution >= 4 is 28.6 Å². The highest BCUT2D eigenvalue weighted by molar-refractivity contribution is 6.30. The molecule has 1 saturated heterocycles. The number of fused-ring (bicyclic) bond motifs is 1. The van der Waals surface area contributed by atoms with E-state index in [0.29, 0.717) is 37.5 Å². The van der Waals surface area contributed by atoms with Gasteiger partial charge >= 0.3 is 0 Å². The van der Waals surface area contributed by atoms with E-state index in [1.165, 1.54) is 10.6 Å². The zero-order valence-corrected chi connectivity index (χ0v) is 20.0. The van der Waals surface area contributed by atoms with Crippen LogP contribution >= 0.6 is 11.6 Å². The Labute approximate surface area is 205 Å². The Morgan fingerprint density at radius 3 is 2.77 bits per heavy atom. The molecule has 35 heavy (non-hydrogen) atoms. The van der Waals surface area contributed by atoms with Gasteiger partial charge in [-0.05, 0) is 38.0 Å². The van der Waals surface area contributed by atoms with Crippen LogP contribution in [0.5, 0.6) is 0 Å². The summed E-state index contributed by atoms with van der Waals surface area (Å²) < 4.78 is 24.4. The van der Waals surface area contributed by atoms with Crippen molar-refractivity contribution < 1.29 is 9.13 Å². The van der Waals surface area contributed by atoms with Gasteiger partial charge in [0.05, 0.1) is 25.4 Å². The smallest absolute Gasteiger partial charge is 0.279 e. The minimum absolute atomic E-state index is 0.136. The van der Waals surface area contributed by atoms with Gasteiger partial charge in [-0.25, -0.2) is 19.3 Å². The van der Waals surface area contributed by atoms with Crippen LogP contribution in [-0.2, 0) is 11.8 Å². The highest BCUT2D eigenvalue weighted by Gasteiger charge is 2.29. The Kier molecular flexibility index (Phi) is 5.30. The molecule has 1 aliphatic heterocycles. The highest BCUT2D eigenvalue weighted by Crippen LogP contribution is 2.36. The van der Waals surface area contributed by atoms with Crippen LogP contribution in [0.1, 0.15) is 36.4 Å². The molecule has 180 valence electrons.